The number of rotatable bonds is 3. The zero-order valence-corrected chi connectivity index (χ0v) is 10.9. The maximum Gasteiger partial charge on any atom is 0.215 e. The number of aryl methyl sites for hydroxylation is 1. The van der Waals surface area contributed by atoms with Crippen molar-refractivity contribution in [2.75, 3.05) is 0 Å². The van der Waals surface area contributed by atoms with Crippen molar-refractivity contribution in [2.45, 2.75) is 13.5 Å². The van der Waals surface area contributed by atoms with Gasteiger partial charge >= 0.3 is 0 Å². The summed E-state index contributed by atoms with van der Waals surface area (Å²) in [6, 6.07) is 9.53. The third-order valence-corrected chi connectivity index (χ3v) is 2.67. The fourth-order valence-electron chi connectivity index (χ4n) is 1.55. The van der Waals surface area contributed by atoms with Crippen LogP contribution in [0.1, 0.15) is 16.7 Å². The lowest BCUT2D eigenvalue weighted by molar-refractivity contribution is 0.288. The van der Waals surface area contributed by atoms with Crippen LogP contribution in [0.25, 0.3) is 0 Å². The predicted octanol–water partition coefficient (Wildman–Crippen LogP) is 3.63. The van der Waals surface area contributed by atoms with Crippen molar-refractivity contribution in [3.8, 4) is 11.9 Å². The Bertz CT molecular complexity index is 632. The summed E-state index contributed by atoms with van der Waals surface area (Å²) in [5, 5.41) is 8.98. The van der Waals surface area contributed by atoms with E-state index in [4.69, 9.17) is 21.6 Å². The van der Waals surface area contributed by atoms with Crippen LogP contribution >= 0.6 is 11.6 Å². The van der Waals surface area contributed by atoms with Crippen LogP contribution in [0.2, 0.25) is 5.15 Å². The summed E-state index contributed by atoms with van der Waals surface area (Å²) in [7, 11) is 0. The molecular formula is C14H10ClFN2O. The van der Waals surface area contributed by atoms with Gasteiger partial charge in [-0.15, -0.1) is 0 Å². The number of ether oxygens (including phenoxy) is 1. The molecule has 5 heteroatoms. The van der Waals surface area contributed by atoms with Crippen molar-refractivity contribution in [1.82, 2.24) is 4.98 Å². The van der Waals surface area contributed by atoms with Crippen LogP contribution in [0.3, 0.4) is 0 Å². The van der Waals surface area contributed by atoms with E-state index in [1.54, 1.807) is 18.2 Å². The molecular weight excluding hydrogens is 267 g/mol. The first-order chi connectivity index (χ1) is 9.08. The first kappa shape index (κ1) is 13.3. The average Bonchev–Trinajstić information content (AvgIpc) is 2.36. The largest absolute Gasteiger partial charge is 0.473 e. The molecule has 0 N–H and O–H groups in total. The lowest BCUT2D eigenvalue weighted by Gasteiger charge is -2.07. The molecule has 0 radical (unpaired) electrons. The Morgan fingerprint density at radius 1 is 1.37 bits per heavy atom. The fourth-order valence-corrected chi connectivity index (χ4v) is 1.81. The van der Waals surface area contributed by atoms with Crippen molar-refractivity contribution >= 4 is 11.6 Å². The maximum absolute atomic E-state index is 13.6. The predicted molar refractivity (Wildman–Crippen MR) is 69.4 cm³/mol. The molecule has 1 aromatic heterocycles. The molecule has 2 rings (SSSR count). The molecule has 0 saturated heterocycles. The number of aromatic nitrogens is 1. The topological polar surface area (TPSA) is 45.9 Å². The van der Waals surface area contributed by atoms with Gasteiger partial charge in [-0.1, -0.05) is 17.7 Å². The molecule has 0 unspecified atom stereocenters. The number of nitrogens with zero attached hydrogens (tertiary/aromatic N) is 2. The summed E-state index contributed by atoms with van der Waals surface area (Å²) in [4.78, 5) is 3.98. The molecule has 19 heavy (non-hydrogen) atoms. The SMILES string of the molecule is Cc1cc(Cl)nc(OCc2ccc(C#N)cc2F)c1. The van der Waals surface area contributed by atoms with Crippen molar-refractivity contribution < 1.29 is 9.13 Å². The number of benzene rings is 1. The van der Waals surface area contributed by atoms with E-state index in [-0.39, 0.29) is 12.2 Å². The van der Waals surface area contributed by atoms with E-state index in [0.717, 1.165) is 5.56 Å². The minimum absolute atomic E-state index is 0.0321. The van der Waals surface area contributed by atoms with Crippen LogP contribution in [0.15, 0.2) is 30.3 Å². The second-order valence-corrected chi connectivity index (χ2v) is 4.40. The number of halogens is 2. The second-order valence-electron chi connectivity index (χ2n) is 4.01. The Hall–Kier alpha value is -2.12. The van der Waals surface area contributed by atoms with Gasteiger partial charge in [0.05, 0.1) is 11.6 Å². The Morgan fingerprint density at radius 3 is 2.79 bits per heavy atom. The van der Waals surface area contributed by atoms with Crippen molar-refractivity contribution in [3.63, 3.8) is 0 Å². The van der Waals surface area contributed by atoms with E-state index >= 15 is 0 Å². The quantitative estimate of drug-likeness (QED) is 0.804. The molecule has 0 fully saturated rings. The highest BCUT2D eigenvalue weighted by Crippen LogP contribution is 2.18. The summed E-state index contributed by atoms with van der Waals surface area (Å²) in [5.41, 5.74) is 1.55. The van der Waals surface area contributed by atoms with Crippen LogP contribution < -0.4 is 4.74 Å². The summed E-state index contributed by atoms with van der Waals surface area (Å²) in [5.74, 6) is -0.133. The van der Waals surface area contributed by atoms with E-state index in [2.05, 4.69) is 4.98 Å². The third-order valence-electron chi connectivity index (χ3n) is 2.47. The van der Waals surface area contributed by atoms with Crippen molar-refractivity contribution in [2.24, 2.45) is 0 Å². The highest BCUT2D eigenvalue weighted by atomic mass is 35.5. The van der Waals surface area contributed by atoms with Crippen LogP contribution in [0.4, 0.5) is 4.39 Å². The van der Waals surface area contributed by atoms with E-state index in [1.165, 1.54) is 12.1 Å². The molecule has 2 aromatic rings. The first-order valence-corrected chi connectivity index (χ1v) is 5.92. The van der Waals surface area contributed by atoms with Gasteiger partial charge in [0.25, 0.3) is 0 Å². The molecule has 0 atom stereocenters. The summed E-state index contributed by atoms with van der Waals surface area (Å²) in [6.07, 6.45) is 0. The molecule has 1 aromatic carbocycles. The zero-order chi connectivity index (χ0) is 13.8. The molecule has 0 aliphatic rings. The van der Waals surface area contributed by atoms with Gasteiger partial charge in [0.1, 0.15) is 17.6 Å². The van der Waals surface area contributed by atoms with E-state index in [1.807, 2.05) is 13.0 Å². The highest BCUT2D eigenvalue weighted by molar-refractivity contribution is 6.29. The minimum atomic E-state index is -0.474. The molecule has 0 aliphatic heterocycles. The van der Waals surface area contributed by atoms with Crippen molar-refractivity contribution in [3.05, 3.63) is 58.0 Å². The van der Waals surface area contributed by atoms with Crippen molar-refractivity contribution in [1.29, 1.82) is 5.26 Å². The molecule has 1 heterocycles. The fraction of sp³-hybridized carbons (Fsp3) is 0.143. The standard InChI is InChI=1S/C14H10ClFN2O/c1-9-4-13(15)18-14(5-9)19-8-11-3-2-10(7-17)6-12(11)16/h2-6H,8H2,1H3. The summed E-state index contributed by atoms with van der Waals surface area (Å²) < 4.78 is 19.0. The smallest absolute Gasteiger partial charge is 0.215 e. The average molecular weight is 277 g/mol. The van der Waals surface area contributed by atoms with E-state index < -0.39 is 5.82 Å². The lowest BCUT2D eigenvalue weighted by atomic mass is 10.1. The van der Waals surface area contributed by atoms with Crippen LogP contribution in [-0.2, 0) is 6.61 Å². The van der Waals surface area contributed by atoms with Crippen LogP contribution in [-0.4, -0.2) is 4.98 Å². The van der Waals surface area contributed by atoms with E-state index in [0.29, 0.717) is 16.6 Å². The Balaban J connectivity index is 2.12. The van der Waals surface area contributed by atoms with Crippen LogP contribution in [0, 0.1) is 24.1 Å². The number of hydrogen-bond donors (Lipinski definition) is 0. The van der Waals surface area contributed by atoms with Crippen LogP contribution in [0.5, 0.6) is 5.88 Å². The Kier molecular flexibility index (Phi) is 3.98. The molecule has 0 amide bonds. The van der Waals surface area contributed by atoms with E-state index in [9.17, 15) is 4.39 Å². The normalized spacial score (nSPS) is 10.0. The Labute approximate surface area is 115 Å². The molecule has 0 saturated carbocycles. The highest BCUT2D eigenvalue weighted by Gasteiger charge is 2.06. The molecule has 3 nitrogen and oxygen atoms in total. The molecule has 0 spiro atoms. The first-order valence-electron chi connectivity index (χ1n) is 5.54. The van der Waals surface area contributed by atoms with Gasteiger partial charge in [0.2, 0.25) is 5.88 Å². The zero-order valence-electron chi connectivity index (χ0n) is 10.2. The van der Waals surface area contributed by atoms with Gasteiger partial charge < -0.3 is 4.74 Å². The lowest BCUT2D eigenvalue weighted by Crippen LogP contribution is -2.00. The third kappa shape index (κ3) is 3.43. The van der Waals surface area contributed by atoms with Gasteiger partial charge in [-0.2, -0.15) is 5.26 Å². The van der Waals surface area contributed by atoms with Gasteiger partial charge in [0.15, 0.2) is 0 Å². The Morgan fingerprint density at radius 2 is 2.16 bits per heavy atom. The van der Waals surface area contributed by atoms with Gasteiger partial charge in [0, 0.05) is 11.6 Å². The van der Waals surface area contributed by atoms with Gasteiger partial charge in [-0.05, 0) is 30.7 Å². The number of nitriles is 1. The summed E-state index contributed by atoms with van der Waals surface area (Å²) >= 11 is 5.80. The summed E-state index contributed by atoms with van der Waals surface area (Å²) in [6.45, 7) is 1.90. The monoisotopic (exact) mass is 276 g/mol. The second kappa shape index (κ2) is 5.68. The number of pyridine rings is 1. The molecule has 0 bridgehead atoms. The van der Waals surface area contributed by atoms with Gasteiger partial charge in [-0.3, -0.25) is 0 Å². The van der Waals surface area contributed by atoms with Gasteiger partial charge in [-0.25, -0.2) is 9.37 Å². The molecule has 0 aliphatic carbocycles. The molecule has 96 valence electrons. The number of hydrogen-bond acceptors (Lipinski definition) is 3. The minimum Gasteiger partial charge on any atom is -0.473 e. The maximum atomic E-state index is 13.6.